The Kier molecular flexibility index (Phi) is 3.25. The van der Waals surface area contributed by atoms with E-state index in [0.717, 1.165) is 17.7 Å². The molecular formula is C11H15F3N2O2. The molecule has 4 nitrogen and oxygen atoms in total. The lowest BCUT2D eigenvalue weighted by atomic mass is 10.0. The van der Waals surface area contributed by atoms with E-state index < -0.39 is 37.1 Å². The average Bonchev–Trinajstić information content (AvgIpc) is 3.03. The summed E-state index contributed by atoms with van der Waals surface area (Å²) in [5, 5.41) is 2.52. The average molecular weight is 264 g/mol. The second-order valence-electron chi connectivity index (χ2n) is 4.91. The highest BCUT2D eigenvalue weighted by Gasteiger charge is 2.47. The Labute approximate surface area is 103 Å². The number of halogens is 3. The monoisotopic (exact) mass is 264 g/mol. The van der Waals surface area contributed by atoms with Gasteiger partial charge in [-0.25, -0.2) is 0 Å². The van der Waals surface area contributed by atoms with Crippen molar-refractivity contribution >= 4 is 11.8 Å². The van der Waals surface area contributed by atoms with Gasteiger partial charge < -0.3 is 10.2 Å². The summed E-state index contributed by atoms with van der Waals surface area (Å²) in [6.07, 6.45) is -3.79. The molecule has 1 aliphatic heterocycles. The number of carbonyl (C=O) groups excluding carboxylic acids is 2. The van der Waals surface area contributed by atoms with E-state index in [1.165, 1.54) is 6.92 Å². The van der Waals surface area contributed by atoms with Crippen LogP contribution in [0.15, 0.2) is 0 Å². The van der Waals surface area contributed by atoms with Crippen LogP contribution < -0.4 is 5.32 Å². The van der Waals surface area contributed by atoms with Crippen LogP contribution in [0.3, 0.4) is 0 Å². The molecule has 102 valence electrons. The maximum absolute atomic E-state index is 12.2. The van der Waals surface area contributed by atoms with E-state index in [2.05, 4.69) is 5.32 Å². The van der Waals surface area contributed by atoms with E-state index in [0.29, 0.717) is 0 Å². The van der Waals surface area contributed by atoms with Gasteiger partial charge in [0.15, 0.2) is 0 Å². The van der Waals surface area contributed by atoms with Gasteiger partial charge in [0.2, 0.25) is 11.8 Å². The third kappa shape index (κ3) is 2.76. The van der Waals surface area contributed by atoms with Gasteiger partial charge in [0, 0.05) is 6.54 Å². The van der Waals surface area contributed by atoms with E-state index in [9.17, 15) is 22.8 Å². The number of amides is 2. The maximum atomic E-state index is 12.2. The van der Waals surface area contributed by atoms with E-state index in [-0.39, 0.29) is 11.8 Å². The summed E-state index contributed by atoms with van der Waals surface area (Å²) in [6, 6.07) is -1.45. The molecule has 2 aliphatic rings. The van der Waals surface area contributed by atoms with E-state index in [4.69, 9.17) is 0 Å². The summed E-state index contributed by atoms with van der Waals surface area (Å²) >= 11 is 0. The van der Waals surface area contributed by atoms with Crippen LogP contribution >= 0.6 is 0 Å². The molecule has 0 spiro atoms. The Balaban J connectivity index is 2.10. The van der Waals surface area contributed by atoms with Crippen molar-refractivity contribution in [2.24, 2.45) is 5.92 Å². The Morgan fingerprint density at radius 2 is 1.94 bits per heavy atom. The Morgan fingerprint density at radius 1 is 1.33 bits per heavy atom. The van der Waals surface area contributed by atoms with Gasteiger partial charge in [0.1, 0.15) is 12.1 Å². The standard InChI is InChI=1S/C11H15F3N2O2/c1-6-10(18)16(5-4-11(12,13)14)8(7-2-3-7)9(17)15-6/h6-8H,2-5H2,1H3,(H,15,17). The predicted molar refractivity (Wildman–Crippen MR) is 56.5 cm³/mol. The zero-order chi connectivity index (χ0) is 13.5. The summed E-state index contributed by atoms with van der Waals surface area (Å²) < 4.78 is 36.7. The first-order chi connectivity index (χ1) is 8.29. The normalized spacial score (nSPS) is 29.4. The summed E-state index contributed by atoms with van der Waals surface area (Å²) in [7, 11) is 0. The molecule has 2 fully saturated rings. The molecule has 0 aromatic heterocycles. The summed E-state index contributed by atoms with van der Waals surface area (Å²) in [5.41, 5.74) is 0. The molecule has 0 radical (unpaired) electrons. The molecule has 1 N–H and O–H groups in total. The van der Waals surface area contributed by atoms with Crippen molar-refractivity contribution in [1.82, 2.24) is 10.2 Å². The van der Waals surface area contributed by atoms with Crippen molar-refractivity contribution in [1.29, 1.82) is 0 Å². The fourth-order valence-corrected chi connectivity index (χ4v) is 2.26. The van der Waals surface area contributed by atoms with Crippen molar-refractivity contribution in [3.8, 4) is 0 Å². The summed E-state index contributed by atoms with van der Waals surface area (Å²) in [5.74, 6) is -0.725. The van der Waals surface area contributed by atoms with Crippen molar-refractivity contribution in [3.63, 3.8) is 0 Å². The first-order valence-electron chi connectivity index (χ1n) is 5.97. The molecule has 2 atom stereocenters. The minimum Gasteiger partial charge on any atom is -0.343 e. The van der Waals surface area contributed by atoms with Crippen LogP contribution in [0, 0.1) is 5.92 Å². The smallest absolute Gasteiger partial charge is 0.343 e. The van der Waals surface area contributed by atoms with E-state index in [1.54, 1.807) is 0 Å². The van der Waals surface area contributed by atoms with Crippen LogP contribution in [0.25, 0.3) is 0 Å². The number of nitrogens with one attached hydrogen (secondary N) is 1. The highest BCUT2D eigenvalue weighted by Crippen LogP contribution is 2.37. The lowest BCUT2D eigenvalue weighted by molar-refractivity contribution is -0.158. The van der Waals surface area contributed by atoms with Gasteiger partial charge in [0.05, 0.1) is 6.42 Å². The number of rotatable bonds is 3. The van der Waals surface area contributed by atoms with Gasteiger partial charge in [-0.3, -0.25) is 9.59 Å². The minimum atomic E-state index is -4.31. The molecule has 2 amide bonds. The summed E-state index contributed by atoms with van der Waals surface area (Å²) in [4.78, 5) is 24.8. The van der Waals surface area contributed by atoms with Gasteiger partial charge in [-0.2, -0.15) is 13.2 Å². The molecule has 7 heteroatoms. The van der Waals surface area contributed by atoms with Crippen molar-refractivity contribution in [2.75, 3.05) is 6.54 Å². The third-order valence-electron chi connectivity index (χ3n) is 3.32. The van der Waals surface area contributed by atoms with Gasteiger partial charge in [-0.15, -0.1) is 0 Å². The Bertz CT molecular complexity index is 366. The molecule has 18 heavy (non-hydrogen) atoms. The van der Waals surface area contributed by atoms with Crippen LogP contribution in [0.1, 0.15) is 26.2 Å². The lowest BCUT2D eigenvalue weighted by Crippen LogP contribution is -2.63. The van der Waals surface area contributed by atoms with Crippen LogP contribution in [0.2, 0.25) is 0 Å². The maximum Gasteiger partial charge on any atom is 0.390 e. The van der Waals surface area contributed by atoms with Gasteiger partial charge in [-0.1, -0.05) is 0 Å². The number of alkyl halides is 3. The molecule has 1 heterocycles. The summed E-state index contributed by atoms with van der Waals surface area (Å²) in [6.45, 7) is 1.06. The zero-order valence-corrected chi connectivity index (χ0v) is 9.96. The predicted octanol–water partition coefficient (Wildman–Crippen LogP) is 1.06. The molecule has 2 unspecified atom stereocenters. The van der Waals surface area contributed by atoms with Gasteiger partial charge in [0.25, 0.3) is 0 Å². The molecule has 1 saturated heterocycles. The van der Waals surface area contributed by atoms with Gasteiger partial charge >= 0.3 is 6.18 Å². The third-order valence-corrected chi connectivity index (χ3v) is 3.32. The molecule has 1 aliphatic carbocycles. The second-order valence-corrected chi connectivity index (χ2v) is 4.91. The molecule has 0 aromatic carbocycles. The first kappa shape index (κ1) is 13.2. The van der Waals surface area contributed by atoms with Crippen LogP contribution in [0.4, 0.5) is 13.2 Å². The van der Waals surface area contributed by atoms with E-state index in [1.807, 2.05) is 0 Å². The highest BCUT2D eigenvalue weighted by atomic mass is 19.4. The number of hydrogen-bond donors (Lipinski definition) is 1. The quantitative estimate of drug-likeness (QED) is 0.828. The molecule has 2 rings (SSSR count). The fraction of sp³-hybridized carbons (Fsp3) is 0.818. The highest BCUT2D eigenvalue weighted by molar-refractivity contribution is 5.97. The molecular weight excluding hydrogens is 249 g/mol. The molecule has 0 bridgehead atoms. The first-order valence-corrected chi connectivity index (χ1v) is 5.97. The number of hydrogen-bond acceptors (Lipinski definition) is 2. The Hall–Kier alpha value is -1.27. The minimum absolute atomic E-state index is 0.0229. The SMILES string of the molecule is CC1NC(=O)C(C2CC2)N(CCC(F)(F)F)C1=O. The van der Waals surface area contributed by atoms with E-state index >= 15 is 0 Å². The van der Waals surface area contributed by atoms with Crippen LogP contribution in [-0.4, -0.2) is 41.5 Å². The fourth-order valence-electron chi connectivity index (χ4n) is 2.26. The Morgan fingerprint density at radius 3 is 2.44 bits per heavy atom. The number of nitrogens with zero attached hydrogens (tertiary/aromatic N) is 1. The zero-order valence-electron chi connectivity index (χ0n) is 9.96. The van der Waals surface area contributed by atoms with Crippen molar-refractivity contribution in [2.45, 2.75) is 44.4 Å². The van der Waals surface area contributed by atoms with Gasteiger partial charge in [-0.05, 0) is 25.7 Å². The van der Waals surface area contributed by atoms with Crippen molar-refractivity contribution in [3.05, 3.63) is 0 Å². The largest absolute Gasteiger partial charge is 0.390 e. The second kappa shape index (κ2) is 4.44. The molecule has 0 aromatic rings. The lowest BCUT2D eigenvalue weighted by Gasteiger charge is -2.38. The van der Waals surface area contributed by atoms with Crippen LogP contribution in [-0.2, 0) is 9.59 Å². The number of piperazine rings is 1. The molecule has 1 saturated carbocycles. The van der Waals surface area contributed by atoms with Crippen molar-refractivity contribution < 1.29 is 22.8 Å². The topological polar surface area (TPSA) is 49.4 Å². The van der Waals surface area contributed by atoms with Crippen LogP contribution in [0.5, 0.6) is 0 Å². The number of carbonyl (C=O) groups is 2.